The highest BCUT2D eigenvalue weighted by Gasteiger charge is 2.18. The van der Waals surface area contributed by atoms with E-state index < -0.39 is 0 Å². The maximum atomic E-state index is 5.08. The number of hydrogen-bond acceptors (Lipinski definition) is 1. The van der Waals surface area contributed by atoms with Crippen molar-refractivity contribution >= 4 is 49.3 Å². The normalized spacial score (nSPS) is 12.3. The van der Waals surface area contributed by atoms with Crippen LogP contribution in [0.25, 0.3) is 50.2 Å². The first-order valence-corrected chi connectivity index (χ1v) is 12.7. The largest absolute Gasteiger partial charge is 0.278 e. The Bertz CT molecular complexity index is 1820. The van der Waals surface area contributed by atoms with E-state index in [1.807, 2.05) is 18.2 Å². The fourth-order valence-corrected chi connectivity index (χ4v) is 5.12. The van der Waals surface area contributed by atoms with Crippen LogP contribution in [0.15, 0.2) is 126 Å². The van der Waals surface area contributed by atoms with E-state index in [2.05, 4.69) is 129 Å². The molecule has 4 heteroatoms. The molecule has 3 nitrogen and oxygen atoms in total. The van der Waals surface area contributed by atoms with Gasteiger partial charge >= 0.3 is 0 Å². The van der Waals surface area contributed by atoms with Gasteiger partial charge < -0.3 is 0 Å². The summed E-state index contributed by atoms with van der Waals surface area (Å²) in [7, 11) is 0. The lowest BCUT2D eigenvalue weighted by Crippen LogP contribution is -1.97. The van der Waals surface area contributed by atoms with Crippen LogP contribution in [0.3, 0.4) is 0 Å². The van der Waals surface area contributed by atoms with Crippen LogP contribution >= 0.6 is 15.9 Å². The van der Waals surface area contributed by atoms with Crippen molar-refractivity contribution in [2.75, 3.05) is 0 Å². The molecule has 0 fully saturated rings. The summed E-state index contributed by atoms with van der Waals surface area (Å²) in [5.74, 6) is 0.897. The minimum Gasteiger partial charge on any atom is -0.278 e. The molecule has 0 atom stereocenters. The molecule has 0 radical (unpaired) electrons. The van der Waals surface area contributed by atoms with E-state index in [0.717, 1.165) is 43.6 Å². The van der Waals surface area contributed by atoms with Crippen LogP contribution in [0.4, 0.5) is 0 Å². The Balaban J connectivity index is 1.69. The van der Waals surface area contributed by atoms with Gasteiger partial charge in [0.25, 0.3) is 0 Å². The highest BCUT2D eigenvalue weighted by molar-refractivity contribution is 9.10. The third-order valence-corrected chi connectivity index (χ3v) is 6.99. The smallest absolute Gasteiger partial charge is 0.220 e. The molecule has 0 amide bonds. The van der Waals surface area contributed by atoms with E-state index in [1.54, 1.807) is 6.08 Å². The van der Waals surface area contributed by atoms with E-state index in [9.17, 15) is 0 Å². The van der Waals surface area contributed by atoms with E-state index >= 15 is 0 Å². The van der Waals surface area contributed by atoms with Crippen molar-refractivity contribution in [3.63, 3.8) is 0 Å². The Labute approximate surface area is 218 Å². The predicted molar refractivity (Wildman–Crippen MR) is 156 cm³/mol. The van der Waals surface area contributed by atoms with Gasteiger partial charge in [0.15, 0.2) is 0 Å². The molecule has 0 aliphatic carbocycles. The van der Waals surface area contributed by atoms with Gasteiger partial charge in [-0.3, -0.25) is 8.97 Å². The molecule has 2 heterocycles. The highest BCUT2D eigenvalue weighted by Crippen LogP contribution is 2.33. The number of nitrogens with zero attached hydrogens (tertiary/aromatic N) is 3. The van der Waals surface area contributed by atoms with Gasteiger partial charge in [0.2, 0.25) is 5.78 Å². The van der Waals surface area contributed by atoms with E-state index in [4.69, 9.17) is 4.98 Å². The second-order valence-electron chi connectivity index (χ2n) is 8.81. The average Bonchev–Trinajstić information content (AvgIpc) is 3.43. The Hall–Kier alpha value is -4.15. The van der Waals surface area contributed by atoms with Crippen LogP contribution in [0.5, 0.6) is 0 Å². The summed E-state index contributed by atoms with van der Waals surface area (Å²) in [5, 5.41) is 0. The van der Waals surface area contributed by atoms with Crippen molar-refractivity contribution in [2.24, 2.45) is 0 Å². The Kier molecular flexibility index (Phi) is 5.67. The first-order chi connectivity index (χ1) is 17.6. The molecule has 0 aliphatic rings. The second kappa shape index (κ2) is 9.14. The number of fused-ring (bicyclic) bond motifs is 5. The van der Waals surface area contributed by atoms with Gasteiger partial charge in [0.05, 0.1) is 27.8 Å². The molecule has 6 rings (SSSR count). The van der Waals surface area contributed by atoms with E-state index in [0.29, 0.717) is 0 Å². The number of hydrogen-bond donors (Lipinski definition) is 0. The number of rotatable bonds is 5. The molecule has 0 unspecified atom stereocenters. The zero-order valence-electron chi connectivity index (χ0n) is 19.9. The summed E-state index contributed by atoms with van der Waals surface area (Å²) in [4.78, 5) is 5.08. The average molecular weight is 530 g/mol. The van der Waals surface area contributed by atoms with Crippen LogP contribution in [0.2, 0.25) is 0 Å². The third-order valence-electron chi connectivity index (χ3n) is 6.49. The molecule has 0 aliphatic heterocycles. The topological polar surface area (TPSA) is 22.2 Å². The minimum atomic E-state index is 0.897. The summed E-state index contributed by atoms with van der Waals surface area (Å²) in [6, 6.07) is 32.0. The number of para-hydroxylation sites is 2. The van der Waals surface area contributed by atoms with E-state index in [1.165, 1.54) is 16.7 Å². The third kappa shape index (κ3) is 3.80. The standard InChI is InChI=1S/C32H24BrN3/c1-3-4-6-11-22(2)24-18-25(23-12-7-5-8-13-23)20-27(19-24)35-29-14-9-10-15-30(29)36-31-21-26(33)16-17-28(31)34-32(35)36/h3-21H,1H2,2H3/b6-4-,22-11+. The summed E-state index contributed by atoms with van der Waals surface area (Å²) >= 11 is 3.64. The summed E-state index contributed by atoms with van der Waals surface area (Å²) in [5.41, 5.74) is 10.1. The number of benzene rings is 4. The van der Waals surface area contributed by atoms with Crippen molar-refractivity contribution in [3.8, 4) is 16.8 Å². The van der Waals surface area contributed by atoms with Crippen LogP contribution in [-0.4, -0.2) is 14.0 Å². The molecule has 36 heavy (non-hydrogen) atoms. The first-order valence-electron chi connectivity index (χ1n) is 11.9. The Morgan fingerprint density at radius 1 is 0.806 bits per heavy atom. The maximum absolute atomic E-state index is 5.08. The molecular formula is C32H24BrN3. The highest BCUT2D eigenvalue weighted by atomic mass is 79.9. The number of halogens is 1. The number of allylic oxidation sites excluding steroid dienone is 5. The number of imidazole rings is 2. The van der Waals surface area contributed by atoms with Gasteiger partial charge in [-0.05, 0) is 77.7 Å². The van der Waals surface area contributed by atoms with Crippen LogP contribution in [-0.2, 0) is 0 Å². The van der Waals surface area contributed by atoms with Crippen molar-refractivity contribution in [1.29, 1.82) is 0 Å². The first kappa shape index (κ1) is 22.3. The van der Waals surface area contributed by atoms with Gasteiger partial charge in [-0.25, -0.2) is 4.98 Å². The minimum absolute atomic E-state index is 0.897. The van der Waals surface area contributed by atoms with Crippen LogP contribution < -0.4 is 0 Å². The fourth-order valence-electron chi connectivity index (χ4n) is 4.77. The zero-order valence-corrected chi connectivity index (χ0v) is 21.5. The van der Waals surface area contributed by atoms with Crippen molar-refractivity contribution in [1.82, 2.24) is 14.0 Å². The maximum Gasteiger partial charge on any atom is 0.220 e. The van der Waals surface area contributed by atoms with Gasteiger partial charge in [-0.1, -0.05) is 89.3 Å². The van der Waals surface area contributed by atoms with Crippen molar-refractivity contribution in [3.05, 3.63) is 132 Å². The van der Waals surface area contributed by atoms with Gasteiger partial charge in [-0.2, -0.15) is 0 Å². The zero-order chi connectivity index (χ0) is 24.6. The second-order valence-corrected chi connectivity index (χ2v) is 9.72. The summed E-state index contributed by atoms with van der Waals surface area (Å²) in [6.07, 6.45) is 7.89. The van der Waals surface area contributed by atoms with Crippen molar-refractivity contribution in [2.45, 2.75) is 6.92 Å². The molecule has 174 valence electrons. The number of aromatic nitrogens is 3. The SMILES string of the molecule is C=C/C=C\C=C(/C)c1cc(-c2ccccc2)cc(-n2c3ccccc3n3c4cc(Br)ccc4nc23)c1. The fraction of sp³-hybridized carbons (Fsp3) is 0.0312. The molecule has 4 aromatic carbocycles. The lowest BCUT2D eigenvalue weighted by molar-refractivity contribution is 1.11. The predicted octanol–water partition coefficient (Wildman–Crippen LogP) is 9.01. The molecule has 0 bridgehead atoms. The molecule has 0 saturated carbocycles. The molecule has 0 spiro atoms. The van der Waals surface area contributed by atoms with Crippen LogP contribution in [0, 0.1) is 0 Å². The lowest BCUT2D eigenvalue weighted by atomic mass is 9.98. The Morgan fingerprint density at radius 2 is 1.58 bits per heavy atom. The molecule has 0 N–H and O–H groups in total. The molecule has 2 aromatic heterocycles. The molecular weight excluding hydrogens is 506 g/mol. The summed E-state index contributed by atoms with van der Waals surface area (Å²) < 4.78 is 5.56. The lowest BCUT2D eigenvalue weighted by Gasteiger charge is -2.13. The van der Waals surface area contributed by atoms with Gasteiger partial charge in [0, 0.05) is 4.47 Å². The summed E-state index contributed by atoms with van der Waals surface area (Å²) in [6.45, 7) is 5.93. The van der Waals surface area contributed by atoms with Crippen molar-refractivity contribution < 1.29 is 0 Å². The van der Waals surface area contributed by atoms with Gasteiger partial charge in [-0.15, -0.1) is 0 Å². The Morgan fingerprint density at radius 3 is 2.39 bits per heavy atom. The monoisotopic (exact) mass is 529 g/mol. The molecule has 6 aromatic rings. The van der Waals surface area contributed by atoms with Gasteiger partial charge in [0.1, 0.15) is 0 Å². The molecule has 0 saturated heterocycles. The van der Waals surface area contributed by atoms with Crippen LogP contribution in [0.1, 0.15) is 12.5 Å². The van der Waals surface area contributed by atoms with E-state index in [-0.39, 0.29) is 0 Å². The quantitative estimate of drug-likeness (QED) is 0.204.